The molecule has 0 saturated heterocycles. The number of carbonyl (C=O) groups is 1. The molecular formula is C11H9F2N3O3. The van der Waals surface area contributed by atoms with E-state index in [1.165, 1.54) is 0 Å². The maximum atomic E-state index is 13.5. The number of hydrogen-bond donors (Lipinski definition) is 2. The normalized spacial score (nSPS) is 10.4. The Hall–Kier alpha value is -2.51. The molecule has 0 saturated carbocycles. The third kappa shape index (κ3) is 3.03. The first-order chi connectivity index (χ1) is 9.08. The fourth-order valence-corrected chi connectivity index (χ4v) is 1.47. The van der Waals surface area contributed by atoms with Crippen LogP contribution in [-0.2, 0) is 6.42 Å². The van der Waals surface area contributed by atoms with E-state index >= 15 is 0 Å². The van der Waals surface area contributed by atoms with Crippen LogP contribution in [0.5, 0.6) is 0 Å². The molecule has 0 aliphatic heterocycles. The van der Waals surface area contributed by atoms with Gasteiger partial charge >= 0.3 is 5.97 Å². The van der Waals surface area contributed by atoms with E-state index in [4.69, 9.17) is 5.11 Å². The van der Waals surface area contributed by atoms with Crippen LogP contribution in [0.2, 0.25) is 0 Å². The number of rotatable bonds is 5. The van der Waals surface area contributed by atoms with Gasteiger partial charge in [-0.1, -0.05) is 5.16 Å². The van der Waals surface area contributed by atoms with Crippen LogP contribution in [0, 0.1) is 11.6 Å². The van der Waals surface area contributed by atoms with Crippen LogP contribution < -0.4 is 5.32 Å². The first kappa shape index (κ1) is 12.9. The lowest BCUT2D eigenvalue weighted by Crippen LogP contribution is -2.10. The molecule has 6 nitrogen and oxygen atoms in total. The summed E-state index contributed by atoms with van der Waals surface area (Å²) in [4.78, 5) is 14.4. The Bertz CT molecular complexity index is 564. The van der Waals surface area contributed by atoms with Crippen LogP contribution in [0.3, 0.4) is 0 Å². The molecule has 2 aromatic rings. The van der Waals surface area contributed by atoms with E-state index in [1.807, 2.05) is 0 Å². The quantitative estimate of drug-likeness (QED) is 0.858. The highest BCUT2D eigenvalue weighted by Crippen LogP contribution is 2.20. The SMILES string of the molecule is O=C(O)c1cc(F)c(NCCc2ncon2)c(F)c1. The van der Waals surface area contributed by atoms with E-state index in [0.717, 1.165) is 18.5 Å². The summed E-state index contributed by atoms with van der Waals surface area (Å²) in [5.41, 5.74) is -0.827. The largest absolute Gasteiger partial charge is 0.478 e. The van der Waals surface area contributed by atoms with Crippen molar-refractivity contribution in [2.24, 2.45) is 0 Å². The summed E-state index contributed by atoms with van der Waals surface area (Å²) >= 11 is 0. The number of anilines is 1. The van der Waals surface area contributed by atoms with E-state index in [-0.39, 0.29) is 12.2 Å². The highest BCUT2D eigenvalue weighted by atomic mass is 19.1. The van der Waals surface area contributed by atoms with Crippen LogP contribution >= 0.6 is 0 Å². The molecule has 1 heterocycles. The van der Waals surface area contributed by atoms with Crippen molar-refractivity contribution in [2.45, 2.75) is 6.42 Å². The molecule has 0 unspecified atom stereocenters. The topological polar surface area (TPSA) is 88.2 Å². The summed E-state index contributed by atoms with van der Waals surface area (Å²) in [6.07, 6.45) is 1.47. The molecule has 0 atom stereocenters. The van der Waals surface area contributed by atoms with Gasteiger partial charge in [-0.2, -0.15) is 4.98 Å². The van der Waals surface area contributed by atoms with Crippen molar-refractivity contribution in [1.29, 1.82) is 0 Å². The van der Waals surface area contributed by atoms with Gasteiger partial charge in [0, 0.05) is 13.0 Å². The molecule has 0 aliphatic carbocycles. The molecular weight excluding hydrogens is 260 g/mol. The molecule has 2 rings (SSSR count). The summed E-state index contributed by atoms with van der Waals surface area (Å²) in [6, 6.07) is 1.50. The van der Waals surface area contributed by atoms with Gasteiger partial charge in [-0.3, -0.25) is 0 Å². The van der Waals surface area contributed by atoms with Crippen LogP contribution in [0.25, 0.3) is 0 Å². The van der Waals surface area contributed by atoms with Crippen molar-refractivity contribution >= 4 is 11.7 Å². The Labute approximate surface area is 106 Å². The van der Waals surface area contributed by atoms with Crippen molar-refractivity contribution in [3.8, 4) is 0 Å². The number of halogens is 2. The third-order valence-corrected chi connectivity index (χ3v) is 2.35. The minimum atomic E-state index is -1.39. The van der Waals surface area contributed by atoms with E-state index in [9.17, 15) is 13.6 Å². The zero-order valence-corrected chi connectivity index (χ0v) is 9.56. The summed E-state index contributed by atoms with van der Waals surface area (Å²) in [5, 5.41) is 14.7. The Balaban J connectivity index is 2.06. The van der Waals surface area contributed by atoms with Gasteiger partial charge in [0.2, 0.25) is 6.39 Å². The number of carboxylic acids is 1. The number of hydrogen-bond acceptors (Lipinski definition) is 5. The van der Waals surface area contributed by atoms with Gasteiger partial charge in [-0.05, 0) is 12.1 Å². The molecule has 0 spiro atoms. The second kappa shape index (κ2) is 5.42. The Morgan fingerprint density at radius 2 is 2.05 bits per heavy atom. The summed E-state index contributed by atoms with van der Waals surface area (Å²) in [5.74, 6) is -2.93. The number of carboxylic acid groups (broad SMARTS) is 1. The van der Waals surface area contributed by atoms with Gasteiger partial charge in [0.15, 0.2) is 5.82 Å². The maximum absolute atomic E-state index is 13.5. The molecule has 2 N–H and O–H groups in total. The van der Waals surface area contributed by atoms with Gasteiger partial charge in [0.05, 0.1) is 5.56 Å². The standard InChI is InChI=1S/C11H9F2N3O3/c12-7-3-6(11(17)18)4-8(13)10(7)14-2-1-9-15-5-19-16-9/h3-5,14H,1-2H2,(H,17,18). The lowest BCUT2D eigenvalue weighted by molar-refractivity contribution is 0.0696. The van der Waals surface area contributed by atoms with Crippen LogP contribution in [-0.4, -0.2) is 27.8 Å². The zero-order valence-electron chi connectivity index (χ0n) is 9.56. The van der Waals surface area contributed by atoms with Crippen molar-refractivity contribution in [2.75, 3.05) is 11.9 Å². The predicted molar refractivity (Wildman–Crippen MR) is 59.8 cm³/mol. The minimum absolute atomic E-state index is 0.180. The number of nitrogens with one attached hydrogen (secondary N) is 1. The van der Waals surface area contributed by atoms with E-state index in [2.05, 4.69) is 20.0 Å². The number of aromatic carboxylic acids is 1. The molecule has 0 fully saturated rings. The van der Waals surface area contributed by atoms with Gasteiger partial charge in [0.1, 0.15) is 17.3 Å². The van der Waals surface area contributed by atoms with Gasteiger partial charge in [-0.25, -0.2) is 13.6 Å². The number of nitrogens with zero attached hydrogens (tertiary/aromatic N) is 2. The molecule has 1 aromatic heterocycles. The molecule has 19 heavy (non-hydrogen) atoms. The monoisotopic (exact) mass is 269 g/mol. The van der Waals surface area contributed by atoms with Crippen molar-refractivity contribution in [1.82, 2.24) is 10.1 Å². The molecule has 0 bridgehead atoms. The van der Waals surface area contributed by atoms with Crippen molar-refractivity contribution in [3.63, 3.8) is 0 Å². The lowest BCUT2D eigenvalue weighted by Gasteiger charge is -2.08. The smallest absolute Gasteiger partial charge is 0.335 e. The van der Waals surface area contributed by atoms with E-state index in [0.29, 0.717) is 12.2 Å². The second-order valence-electron chi connectivity index (χ2n) is 3.64. The first-order valence-electron chi connectivity index (χ1n) is 5.29. The van der Waals surface area contributed by atoms with Gasteiger partial charge in [0.25, 0.3) is 0 Å². The Morgan fingerprint density at radius 3 is 2.58 bits per heavy atom. The molecule has 8 heteroatoms. The number of benzene rings is 1. The van der Waals surface area contributed by atoms with E-state index < -0.39 is 23.2 Å². The molecule has 0 aliphatic rings. The predicted octanol–water partition coefficient (Wildman–Crippen LogP) is 1.70. The summed E-state index contributed by atoms with van der Waals surface area (Å²) in [7, 11) is 0. The molecule has 100 valence electrons. The minimum Gasteiger partial charge on any atom is -0.478 e. The molecule has 0 amide bonds. The summed E-state index contributed by atoms with van der Waals surface area (Å²) < 4.78 is 31.5. The highest BCUT2D eigenvalue weighted by molar-refractivity contribution is 5.88. The first-order valence-corrected chi connectivity index (χ1v) is 5.29. The Morgan fingerprint density at radius 1 is 1.37 bits per heavy atom. The van der Waals surface area contributed by atoms with Crippen molar-refractivity contribution < 1.29 is 23.2 Å². The average molecular weight is 269 g/mol. The number of aromatic nitrogens is 2. The van der Waals surface area contributed by atoms with Crippen molar-refractivity contribution in [3.05, 3.63) is 41.5 Å². The second-order valence-corrected chi connectivity index (χ2v) is 3.64. The fourth-order valence-electron chi connectivity index (χ4n) is 1.47. The summed E-state index contributed by atoms with van der Waals surface area (Å²) in [6.45, 7) is 0.180. The average Bonchev–Trinajstić information content (AvgIpc) is 2.85. The zero-order chi connectivity index (χ0) is 13.8. The van der Waals surface area contributed by atoms with Crippen LogP contribution in [0.1, 0.15) is 16.2 Å². The highest BCUT2D eigenvalue weighted by Gasteiger charge is 2.14. The Kier molecular flexibility index (Phi) is 3.69. The maximum Gasteiger partial charge on any atom is 0.335 e. The fraction of sp³-hybridized carbons (Fsp3) is 0.182. The van der Waals surface area contributed by atoms with Crippen LogP contribution in [0.4, 0.5) is 14.5 Å². The molecule has 0 radical (unpaired) electrons. The third-order valence-electron chi connectivity index (χ3n) is 2.35. The van der Waals surface area contributed by atoms with Gasteiger partial charge in [-0.15, -0.1) is 0 Å². The van der Waals surface area contributed by atoms with Crippen LogP contribution in [0.15, 0.2) is 23.0 Å². The van der Waals surface area contributed by atoms with Gasteiger partial charge < -0.3 is 14.9 Å². The van der Waals surface area contributed by atoms with E-state index in [1.54, 1.807) is 0 Å². The lowest BCUT2D eigenvalue weighted by atomic mass is 10.2. The molecule has 1 aromatic carbocycles.